The second-order valence-corrected chi connectivity index (χ2v) is 8.57. The molecule has 1 aliphatic heterocycles. The van der Waals surface area contributed by atoms with Gasteiger partial charge in [-0.1, -0.05) is 60.7 Å². The van der Waals surface area contributed by atoms with Crippen LogP contribution in [0.3, 0.4) is 0 Å². The van der Waals surface area contributed by atoms with Crippen LogP contribution in [0.4, 0.5) is 0 Å². The Kier molecular flexibility index (Phi) is 5.36. The van der Waals surface area contributed by atoms with Crippen molar-refractivity contribution in [1.29, 1.82) is 0 Å². The molecule has 2 unspecified atom stereocenters. The third kappa shape index (κ3) is 4.54. The summed E-state index contributed by atoms with van der Waals surface area (Å²) in [5.74, 6) is 4.15. The SMILES string of the molecule is c1ccc(Oc2ccc(C3CCN(CC4CC4c4ccccc4)CC3)cc2)cc1. The summed E-state index contributed by atoms with van der Waals surface area (Å²) in [5, 5.41) is 0. The van der Waals surface area contributed by atoms with Crippen molar-refractivity contribution in [2.75, 3.05) is 19.6 Å². The second-order valence-electron chi connectivity index (χ2n) is 8.57. The summed E-state index contributed by atoms with van der Waals surface area (Å²) < 4.78 is 5.93. The quantitative estimate of drug-likeness (QED) is 0.484. The molecule has 29 heavy (non-hydrogen) atoms. The van der Waals surface area contributed by atoms with Gasteiger partial charge in [0.1, 0.15) is 11.5 Å². The van der Waals surface area contributed by atoms with E-state index in [1.807, 2.05) is 30.3 Å². The fraction of sp³-hybridized carbons (Fsp3) is 0.333. The average Bonchev–Trinajstić information content (AvgIpc) is 3.55. The average molecular weight is 384 g/mol. The lowest BCUT2D eigenvalue weighted by Gasteiger charge is -2.32. The van der Waals surface area contributed by atoms with Gasteiger partial charge in [-0.25, -0.2) is 0 Å². The number of likely N-dealkylation sites (tertiary alicyclic amines) is 1. The Morgan fingerprint density at radius 3 is 2.00 bits per heavy atom. The fourth-order valence-electron chi connectivity index (χ4n) is 4.77. The van der Waals surface area contributed by atoms with Crippen molar-refractivity contribution in [1.82, 2.24) is 4.90 Å². The van der Waals surface area contributed by atoms with E-state index >= 15 is 0 Å². The van der Waals surface area contributed by atoms with Gasteiger partial charge in [0.2, 0.25) is 0 Å². The van der Waals surface area contributed by atoms with E-state index in [1.165, 1.54) is 50.0 Å². The molecule has 3 aromatic rings. The Bertz CT molecular complexity index is 898. The zero-order chi connectivity index (χ0) is 19.5. The van der Waals surface area contributed by atoms with Crippen LogP contribution in [0.2, 0.25) is 0 Å². The largest absolute Gasteiger partial charge is 0.457 e. The molecule has 0 N–H and O–H groups in total. The van der Waals surface area contributed by atoms with Gasteiger partial charge in [0.05, 0.1) is 0 Å². The van der Waals surface area contributed by atoms with Gasteiger partial charge in [-0.3, -0.25) is 0 Å². The first-order chi connectivity index (χ1) is 14.3. The Morgan fingerprint density at radius 1 is 0.690 bits per heavy atom. The number of piperidine rings is 1. The molecule has 0 radical (unpaired) electrons. The normalized spacial score (nSPS) is 22.3. The van der Waals surface area contributed by atoms with Gasteiger partial charge in [0.25, 0.3) is 0 Å². The zero-order valence-electron chi connectivity index (χ0n) is 16.9. The highest BCUT2D eigenvalue weighted by molar-refractivity contribution is 5.34. The van der Waals surface area contributed by atoms with Crippen LogP contribution in [0.25, 0.3) is 0 Å². The van der Waals surface area contributed by atoms with E-state index < -0.39 is 0 Å². The summed E-state index contributed by atoms with van der Waals surface area (Å²) in [4.78, 5) is 2.69. The molecule has 1 heterocycles. The zero-order valence-corrected chi connectivity index (χ0v) is 16.9. The maximum absolute atomic E-state index is 5.93. The minimum atomic E-state index is 0.682. The van der Waals surface area contributed by atoms with Gasteiger partial charge in [0, 0.05) is 6.54 Å². The van der Waals surface area contributed by atoms with Crippen molar-refractivity contribution in [3.63, 3.8) is 0 Å². The van der Waals surface area contributed by atoms with E-state index in [2.05, 4.69) is 59.5 Å². The summed E-state index contributed by atoms with van der Waals surface area (Å²) >= 11 is 0. The Labute approximate surface area is 174 Å². The van der Waals surface area contributed by atoms with Crippen molar-refractivity contribution >= 4 is 0 Å². The smallest absolute Gasteiger partial charge is 0.127 e. The third-order valence-electron chi connectivity index (χ3n) is 6.56. The molecule has 2 heteroatoms. The molecule has 1 saturated heterocycles. The Balaban J connectivity index is 1.10. The van der Waals surface area contributed by atoms with Crippen LogP contribution < -0.4 is 4.74 Å². The molecule has 0 spiro atoms. The van der Waals surface area contributed by atoms with Crippen molar-refractivity contribution < 1.29 is 4.74 Å². The summed E-state index contributed by atoms with van der Waals surface area (Å²) in [7, 11) is 0. The molecular weight excluding hydrogens is 354 g/mol. The number of hydrogen-bond acceptors (Lipinski definition) is 2. The molecule has 2 aliphatic rings. The number of hydrogen-bond donors (Lipinski definition) is 0. The van der Waals surface area contributed by atoms with Gasteiger partial charge < -0.3 is 9.64 Å². The van der Waals surface area contributed by atoms with Gasteiger partial charge in [-0.05, 0) is 85.5 Å². The predicted molar refractivity (Wildman–Crippen MR) is 119 cm³/mol. The standard InChI is InChI=1S/C27H29NO/c1-3-7-23(8-4-1)27-19-24(27)20-28-17-15-22(16-18-28)21-11-13-26(14-12-21)29-25-9-5-2-6-10-25/h1-14,22,24,27H,15-20H2. The number of para-hydroxylation sites is 1. The molecule has 148 valence electrons. The highest BCUT2D eigenvalue weighted by Crippen LogP contribution is 2.48. The van der Waals surface area contributed by atoms with Crippen LogP contribution >= 0.6 is 0 Å². The van der Waals surface area contributed by atoms with E-state index in [-0.39, 0.29) is 0 Å². The van der Waals surface area contributed by atoms with E-state index in [0.717, 1.165) is 23.3 Å². The molecule has 2 atom stereocenters. The van der Waals surface area contributed by atoms with E-state index in [9.17, 15) is 0 Å². The summed E-state index contributed by atoms with van der Waals surface area (Å²) in [6.07, 6.45) is 3.90. The summed E-state index contributed by atoms with van der Waals surface area (Å²) in [6.45, 7) is 3.73. The van der Waals surface area contributed by atoms with Gasteiger partial charge in [-0.15, -0.1) is 0 Å². The van der Waals surface area contributed by atoms with E-state index in [0.29, 0.717) is 5.92 Å². The lowest BCUT2D eigenvalue weighted by molar-refractivity contribution is 0.203. The maximum atomic E-state index is 5.93. The molecule has 2 fully saturated rings. The first kappa shape index (κ1) is 18.4. The molecule has 2 nitrogen and oxygen atoms in total. The highest BCUT2D eigenvalue weighted by Gasteiger charge is 2.39. The van der Waals surface area contributed by atoms with Crippen LogP contribution in [0.1, 0.15) is 42.2 Å². The third-order valence-corrected chi connectivity index (χ3v) is 6.56. The molecular formula is C27H29NO. The first-order valence-electron chi connectivity index (χ1n) is 11.0. The van der Waals surface area contributed by atoms with Gasteiger partial charge >= 0.3 is 0 Å². The monoisotopic (exact) mass is 383 g/mol. The summed E-state index contributed by atoms with van der Waals surface area (Å²) in [5.41, 5.74) is 2.99. The number of rotatable bonds is 6. The van der Waals surface area contributed by atoms with Crippen molar-refractivity contribution in [2.45, 2.75) is 31.1 Å². The van der Waals surface area contributed by atoms with Crippen molar-refractivity contribution in [3.8, 4) is 11.5 Å². The van der Waals surface area contributed by atoms with Gasteiger partial charge in [-0.2, -0.15) is 0 Å². The molecule has 0 aromatic heterocycles. The predicted octanol–water partition coefficient (Wildman–Crippen LogP) is 6.46. The fourth-order valence-corrected chi connectivity index (χ4v) is 4.77. The maximum Gasteiger partial charge on any atom is 0.127 e. The topological polar surface area (TPSA) is 12.5 Å². The van der Waals surface area contributed by atoms with E-state index in [4.69, 9.17) is 4.74 Å². The second kappa shape index (κ2) is 8.42. The molecule has 0 amide bonds. The van der Waals surface area contributed by atoms with Crippen molar-refractivity contribution in [3.05, 3.63) is 96.1 Å². The molecule has 3 aromatic carbocycles. The summed E-state index contributed by atoms with van der Waals surface area (Å²) in [6, 6.07) is 29.8. The van der Waals surface area contributed by atoms with E-state index in [1.54, 1.807) is 0 Å². The Hall–Kier alpha value is -2.58. The first-order valence-corrected chi connectivity index (χ1v) is 11.0. The number of ether oxygens (including phenoxy) is 1. The van der Waals surface area contributed by atoms with Crippen LogP contribution in [0.5, 0.6) is 11.5 Å². The highest BCUT2D eigenvalue weighted by atomic mass is 16.5. The molecule has 1 saturated carbocycles. The van der Waals surface area contributed by atoms with Crippen LogP contribution in [0, 0.1) is 5.92 Å². The number of nitrogens with zero attached hydrogens (tertiary/aromatic N) is 1. The molecule has 0 bridgehead atoms. The Morgan fingerprint density at radius 2 is 1.31 bits per heavy atom. The van der Waals surface area contributed by atoms with Crippen molar-refractivity contribution in [2.24, 2.45) is 5.92 Å². The lowest BCUT2D eigenvalue weighted by Crippen LogP contribution is -2.34. The lowest BCUT2D eigenvalue weighted by atomic mass is 9.89. The van der Waals surface area contributed by atoms with Gasteiger partial charge in [0.15, 0.2) is 0 Å². The van der Waals surface area contributed by atoms with Crippen LogP contribution in [0.15, 0.2) is 84.9 Å². The minimum absolute atomic E-state index is 0.682. The number of benzene rings is 3. The molecule has 1 aliphatic carbocycles. The molecule has 5 rings (SSSR count). The minimum Gasteiger partial charge on any atom is -0.457 e. The van der Waals surface area contributed by atoms with Crippen LogP contribution in [-0.4, -0.2) is 24.5 Å². The van der Waals surface area contributed by atoms with Crippen LogP contribution in [-0.2, 0) is 0 Å².